The van der Waals surface area contributed by atoms with Crippen LogP contribution in [0.15, 0.2) is 77.0 Å². The number of carbonyl (C=O) groups excluding carboxylic acids is 2. The van der Waals surface area contributed by atoms with Gasteiger partial charge in [0.25, 0.3) is 5.91 Å². The van der Waals surface area contributed by atoms with E-state index in [0.717, 1.165) is 21.9 Å². The fourth-order valence-corrected chi connectivity index (χ4v) is 4.96. The predicted molar refractivity (Wildman–Crippen MR) is 144 cm³/mol. The first-order valence-electron chi connectivity index (χ1n) is 10.3. The van der Waals surface area contributed by atoms with Crippen LogP contribution in [-0.2, 0) is 4.79 Å². The molecule has 4 rings (SSSR count). The van der Waals surface area contributed by atoms with Gasteiger partial charge in [-0.1, -0.05) is 23.2 Å². The van der Waals surface area contributed by atoms with Crippen LogP contribution in [0.2, 0.25) is 10.0 Å². The smallest absolute Gasteiger partial charge is 0.257 e. The molecule has 35 heavy (non-hydrogen) atoms. The number of benzene rings is 3. The van der Waals surface area contributed by atoms with E-state index >= 15 is 0 Å². The summed E-state index contributed by atoms with van der Waals surface area (Å²) in [5.41, 5.74) is 2.69. The second-order valence-corrected chi connectivity index (χ2v) is 9.96. The summed E-state index contributed by atoms with van der Waals surface area (Å²) in [4.78, 5) is 30.2. The standard InChI is InChI=1S/C25H19Cl2N3O3S2/c1-33-18-7-2-15(3-8-18)22-13-35-25(29-22)30-23(31)14-34-19-9-5-17(6-10-19)28-24(32)20-11-4-16(26)12-21(20)27/h2-13H,14H2,1H3,(H,28,32)(H,29,30,31). The number of nitrogens with zero attached hydrogens (tertiary/aromatic N) is 1. The van der Waals surface area contributed by atoms with Crippen LogP contribution in [0.3, 0.4) is 0 Å². The first-order valence-corrected chi connectivity index (χ1v) is 12.9. The third-order valence-electron chi connectivity index (χ3n) is 4.79. The Morgan fingerprint density at radius 2 is 1.74 bits per heavy atom. The van der Waals surface area contributed by atoms with E-state index in [-0.39, 0.29) is 22.6 Å². The Labute approximate surface area is 220 Å². The molecule has 0 bridgehead atoms. The number of nitrogens with one attached hydrogen (secondary N) is 2. The van der Waals surface area contributed by atoms with E-state index in [1.807, 2.05) is 41.8 Å². The molecule has 0 spiro atoms. The maximum absolute atomic E-state index is 12.4. The molecule has 0 saturated carbocycles. The lowest BCUT2D eigenvalue weighted by Gasteiger charge is -2.08. The Bertz CT molecular complexity index is 1340. The first kappa shape index (κ1) is 25.1. The molecule has 0 unspecified atom stereocenters. The van der Waals surface area contributed by atoms with Crippen molar-refractivity contribution in [1.29, 1.82) is 0 Å². The maximum Gasteiger partial charge on any atom is 0.257 e. The normalized spacial score (nSPS) is 10.6. The van der Waals surface area contributed by atoms with Gasteiger partial charge in [0.2, 0.25) is 5.91 Å². The van der Waals surface area contributed by atoms with Gasteiger partial charge in [0.05, 0.1) is 29.1 Å². The van der Waals surface area contributed by atoms with Crippen LogP contribution in [0.1, 0.15) is 10.4 Å². The van der Waals surface area contributed by atoms with Crippen LogP contribution in [-0.4, -0.2) is 29.7 Å². The third-order valence-corrected chi connectivity index (χ3v) is 7.11. The van der Waals surface area contributed by atoms with Gasteiger partial charge in [-0.3, -0.25) is 9.59 Å². The molecule has 6 nitrogen and oxygen atoms in total. The van der Waals surface area contributed by atoms with Crippen molar-refractivity contribution in [3.05, 3.63) is 87.7 Å². The van der Waals surface area contributed by atoms with E-state index in [9.17, 15) is 9.59 Å². The topological polar surface area (TPSA) is 80.3 Å². The van der Waals surface area contributed by atoms with E-state index in [1.54, 1.807) is 31.4 Å². The van der Waals surface area contributed by atoms with Crippen LogP contribution < -0.4 is 15.4 Å². The van der Waals surface area contributed by atoms with Gasteiger partial charge >= 0.3 is 0 Å². The summed E-state index contributed by atoms with van der Waals surface area (Å²) < 4.78 is 5.17. The number of anilines is 2. The molecule has 1 heterocycles. The van der Waals surface area contributed by atoms with Gasteiger partial charge in [0.15, 0.2) is 5.13 Å². The number of rotatable bonds is 8. The molecule has 0 atom stereocenters. The molecule has 4 aromatic rings. The molecular weight excluding hydrogens is 525 g/mol. The van der Waals surface area contributed by atoms with Crippen LogP contribution in [0, 0.1) is 0 Å². The highest BCUT2D eigenvalue weighted by molar-refractivity contribution is 8.00. The number of hydrogen-bond acceptors (Lipinski definition) is 6. The lowest BCUT2D eigenvalue weighted by atomic mass is 10.2. The number of ether oxygens (including phenoxy) is 1. The Kier molecular flexibility index (Phi) is 8.30. The Hall–Kier alpha value is -3.04. The monoisotopic (exact) mass is 543 g/mol. The molecular formula is C25H19Cl2N3O3S2. The van der Waals surface area contributed by atoms with E-state index in [4.69, 9.17) is 27.9 Å². The summed E-state index contributed by atoms with van der Waals surface area (Å²) in [5, 5.41) is 8.81. The van der Waals surface area contributed by atoms with Crippen LogP contribution in [0.5, 0.6) is 5.75 Å². The first-order chi connectivity index (χ1) is 16.9. The molecule has 0 fully saturated rings. The van der Waals surface area contributed by atoms with Crippen molar-refractivity contribution in [2.45, 2.75) is 4.90 Å². The molecule has 0 aliphatic rings. The second kappa shape index (κ2) is 11.6. The van der Waals surface area contributed by atoms with Gasteiger partial charge in [-0.15, -0.1) is 23.1 Å². The summed E-state index contributed by atoms with van der Waals surface area (Å²) in [7, 11) is 1.62. The van der Waals surface area contributed by atoms with Gasteiger partial charge in [-0.2, -0.15) is 0 Å². The number of thiazole rings is 1. The minimum absolute atomic E-state index is 0.152. The SMILES string of the molecule is COc1ccc(-c2csc(NC(=O)CSc3ccc(NC(=O)c4ccc(Cl)cc4Cl)cc3)n2)cc1. The largest absolute Gasteiger partial charge is 0.497 e. The summed E-state index contributed by atoms with van der Waals surface area (Å²) >= 11 is 14.7. The zero-order valence-electron chi connectivity index (χ0n) is 18.4. The Morgan fingerprint density at radius 1 is 1.00 bits per heavy atom. The highest BCUT2D eigenvalue weighted by Crippen LogP contribution is 2.27. The highest BCUT2D eigenvalue weighted by Gasteiger charge is 2.12. The number of thioether (sulfide) groups is 1. The van der Waals surface area contributed by atoms with Crippen molar-refractivity contribution in [1.82, 2.24) is 4.98 Å². The number of amides is 2. The lowest BCUT2D eigenvalue weighted by Crippen LogP contribution is -2.14. The molecule has 2 N–H and O–H groups in total. The fraction of sp³-hybridized carbons (Fsp3) is 0.0800. The molecule has 10 heteroatoms. The highest BCUT2D eigenvalue weighted by atomic mass is 35.5. The summed E-state index contributed by atoms with van der Waals surface area (Å²) in [6.45, 7) is 0. The van der Waals surface area contributed by atoms with E-state index in [2.05, 4.69) is 15.6 Å². The average molecular weight is 544 g/mol. The molecule has 0 aliphatic heterocycles. The minimum atomic E-state index is -0.330. The van der Waals surface area contributed by atoms with Gasteiger partial charge in [0, 0.05) is 26.5 Å². The number of aromatic nitrogens is 1. The number of carbonyl (C=O) groups is 2. The van der Waals surface area contributed by atoms with Crippen molar-refractivity contribution in [2.75, 3.05) is 23.5 Å². The second-order valence-electron chi connectivity index (χ2n) is 7.21. The van der Waals surface area contributed by atoms with Gasteiger partial charge in [0.1, 0.15) is 5.75 Å². The molecule has 2 amide bonds. The van der Waals surface area contributed by atoms with Crippen molar-refractivity contribution >= 4 is 68.9 Å². The van der Waals surface area contributed by atoms with Crippen molar-refractivity contribution in [2.24, 2.45) is 0 Å². The minimum Gasteiger partial charge on any atom is -0.497 e. The number of methoxy groups -OCH3 is 1. The summed E-state index contributed by atoms with van der Waals surface area (Å²) in [6.07, 6.45) is 0. The molecule has 1 aromatic heterocycles. The average Bonchev–Trinajstić information content (AvgIpc) is 3.32. The third kappa shape index (κ3) is 6.76. The Morgan fingerprint density at radius 3 is 2.43 bits per heavy atom. The zero-order valence-corrected chi connectivity index (χ0v) is 21.5. The zero-order chi connectivity index (χ0) is 24.8. The fourth-order valence-electron chi connectivity index (χ4n) is 3.04. The molecule has 3 aromatic carbocycles. The van der Waals surface area contributed by atoms with Crippen LogP contribution >= 0.6 is 46.3 Å². The van der Waals surface area contributed by atoms with Gasteiger partial charge in [-0.25, -0.2) is 4.98 Å². The van der Waals surface area contributed by atoms with E-state index < -0.39 is 0 Å². The molecule has 0 radical (unpaired) electrons. The molecule has 178 valence electrons. The quantitative estimate of drug-likeness (QED) is 0.231. The lowest BCUT2D eigenvalue weighted by molar-refractivity contribution is -0.113. The van der Waals surface area contributed by atoms with Crippen molar-refractivity contribution in [3.63, 3.8) is 0 Å². The molecule has 0 aliphatic carbocycles. The van der Waals surface area contributed by atoms with Gasteiger partial charge in [-0.05, 0) is 66.7 Å². The number of halogens is 2. The summed E-state index contributed by atoms with van der Waals surface area (Å²) in [6, 6.07) is 19.5. The van der Waals surface area contributed by atoms with Crippen LogP contribution in [0.4, 0.5) is 10.8 Å². The van der Waals surface area contributed by atoms with Gasteiger partial charge < -0.3 is 15.4 Å². The molecule has 0 saturated heterocycles. The summed E-state index contributed by atoms with van der Waals surface area (Å²) in [5.74, 6) is 0.518. The Balaban J connectivity index is 1.27. The van der Waals surface area contributed by atoms with Crippen molar-refractivity contribution in [3.8, 4) is 17.0 Å². The van der Waals surface area contributed by atoms with E-state index in [0.29, 0.717) is 21.4 Å². The predicted octanol–water partition coefficient (Wildman–Crippen LogP) is 7.11. The van der Waals surface area contributed by atoms with Crippen LogP contribution in [0.25, 0.3) is 11.3 Å². The van der Waals surface area contributed by atoms with E-state index in [1.165, 1.54) is 29.2 Å². The van der Waals surface area contributed by atoms with Crippen molar-refractivity contribution < 1.29 is 14.3 Å². The maximum atomic E-state index is 12.4. The number of hydrogen-bond donors (Lipinski definition) is 2.